The van der Waals surface area contributed by atoms with E-state index in [1.54, 1.807) is 38.5 Å². The molecule has 0 spiro atoms. The van der Waals surface area contributed by atoms with Crippen LogP contribution in [0.15, 0.2) is 47.5 Å². The van der Waals surface area contributed by atoms with Crippen LogP contribution in [0.5, 0.6) is 17.2 Å². The van der Waals surface area contributed by atoms with Gasteiger partial charge in [0.05, 0.1) is 27.4 Å². The van der Waals surface area contributed by atoms with Gasteiger partial charge >= 0.3 is 0 Å². The topological polar surface area (TPSA) is 93.2 Å². The first-order valence-electron chi connectivity index (χ1n) is 9.89. The van der Waals surface area contributed by atoms with Gasteiger partial charge in [-0.1, -0.05) is 0 Å². The summed E-state index contributed by atoms with van der Waals surface area (Å²) in [6.45, 7) is 6.02. The quantitative estimate of drug-likeness (QED) is 0.314. The Kier molecular flexibility index (Phi) is 9.30. The van der Waals surface area contributed by atoms with Crippen LogP contribution in [-0.4, -0.2) is 52.3 Å². The average molecular weight is 415 g/mol. The summed E-state index contributed by atoms with van der Waals surface area (Å²) in [5, 5.41) is 9.27. The highest BCUT2D eigenvalue weighted by molar-refractivity contribution is 5.95. The Morgan fingerprint density at radius 1 is 0.967 bits per heavy atom. The van der Waals surface area contributed by atoms with Gasteiger partial charge in [0.15, 0.2) is 17.5 Å². The van der Waals surface area contributed by atoms with Crippen LogP contribution < -0.4 is 30.2 Å². The summed E-state index contributed by atoms with van der Waals surface area (Å²) < 4.78 is 16.0. The zero-order valence-electron chi connectivity index (χ0n) is 18.0. The fourth-order valence-electron chi connectivity index (χ4n) is 2.65. The van der Waals surface area contributed by atoms with Crippen LogP contribution in [0.2, 0.25) is 0 Å². The van der Waals surface area contributed by atoms with Crippen molar-refractivity contribution in [2.24, 2.45) is 4.99 Å². The third kappa shape index (κ3) is 6.88. The zero-order valence-corrected chi connectivity index (χ0v) is 18.0. The Morgan fingerprint density at radius 3 is 2.37 bits per heavy atom. The minimum atomic E-state index is -0.151. The number of ether oxygens (including phenoxy) is 3. The van der Waals surface area contributed by atoms with Gasteiger partial charge in [-0.2, -0.15) is 0 Å². The molecule has 0 heterocycles. The third-order valence-electron chi connectivity index (χ3n) is 4.09. The smallest absolute Gasteiger partial charge is 0.251 e. The molecule has 8 nitrogen and oxygen atoms in total. The molecule has 0 aromatic heterocycles. The van der Waals surface area contributed by atoms with Crippen LogP contribution >= 0.6 is 0 Å². The molecule has 0 bridgehead atoms. The number of hydrogen-bond acceptors (Lipinski definition) is 5. The number of hydrogen-bond donors (Lipinski definition) is 3. The van der Waals surface area contributed by atoms with Crippen molar-refractivity contribution < 1.29 is 19.0 Å². The van der Waals surface area contributed by atoms with E-state index in [-0.39, 0.29) is 5.91 Å². The number of amides is 1. The Hall–Kier alpha value is -3.42. The number of carbonyl (C=O) groups is 1. The second kappa shape index (κ2) is 12.2. The standard InChI is InChI=1S/C22H30N4O4/c1-5-23-22(26-17-9-12-19(30-6-2)20(15-17)29-4)25-14-13-24-21(27)16-7-10-18(28-3)11-8-16/h7-12,15H,5-6,13-14H2,1-4H3,(H,24,27)(H2,23,25,26). The maximum atomic E-state index is 12.2. The Labute approximate surface area is 177 Å². The number of nitrogens with one attached hydrogen (secondary N) is 3. The van der Waals surface area contributed by atoms with Crippen molar-refractivity contribution in [2.75, 3.05) is 45.8 Å². The van der Waals surface area contributed by atoms with Crippen LogP contribution in [0.4, 0.5) is 5.69 Å². The van der Waals surface area contributed by atoms with Gasteiger partial charge in [-0.3, -0.25) is 9.79 Å². The minimum Gasteiger partial charge on any atom is -0.497 e. The molecule has 0 atom stereocenters. The number of benzene rings is 2. The molecule has 2 rings (SSSR count). The molecule has 1 amide bonds. The molecular weight excluding hydrogens is 384 g/mol. The number of guanidine groups is 1. The van der Waals surface area contributed by atoms with E-state index in [0.29, 0.717) is 55.0 Å². The van der Waals surface area contributed by atoms with E-state index < -0.39 is 0 Å². The summed E-state index contributed by atoms with van der Waals surface area (Å²) in [5.41, 5.74) is 1.39. The molecule has 0 saturated carbocycles. The molecule has 162 valence electrons. The zero-order chi connectivity index (χ0) is 21.8. The molecule has 0 unspecified atom stereocenters. The van der Waals surface area contributed by atoms with E-state index >= 15 is 0 Å². The highest BCUT2D eigenvalue weighted by Crippen LogP contribution is 2.30. The highest BCUT2D eigenvalue weighted by atomic mass is 16.5. The first-order chi connectivity index (χ1) is 14.6. The van der Waals surface area contributed by atoms with Crippen molar-refractivity contribution >= 4 is 17.6 Å². The number of methoxy groups -OCH3 is 2. The van der Waals surface area contributed by atoms with Gasteiger partial charge in [0, 0.05) is 30.4 Å². The highest BCUT2D eigenvalue weighted by Gasteiger charge is 2.07. The van der Waals surface area contributed by atoms with E-state index in [9.17, 15) is 4.79 Å². The van der Waals surface area contributed by atoms with Gasteiger partial charge < -0.3 is 30.2 Å². The minimum absolute atomic E-state index is 0.151. The Balaban J connectivity index is 1.93. The molecule has 0 aliphatic heterocycles. The average Bonchev–Trinajstić information content (AvgIpc) is 2.77. The van der Waals surface area contributed by atoms with Crippen molar-refractivity contribution in [3.8, 4) is 17.2 Å². The van der Waals surface area contributed by atoms with Crippen molar-refractivity contribution in [3.63, 3.8) is 0 Å². The van der Waals surface area contributed by atoms with E-state index in [1.807, 2.05) is 32.0 Å². The largest absolute Gasteiger partial charge is 0.497 e. The molecule has 2 aromatic rings. The summed E-state index contributed by atoms with van der Waals surface area (Å²) in [7, 11) is 3.19. The van der Waals surface area contributed by atoms with Gasteiger partial charge in [0.1, 0.15) is 5.75 Å². The van der Waals surface area contributed by atoms with Gasteiger partial charge in [-0.25, -0.2) is 0 Å². The molecule has 8 heteroatoms. The van der Waals surface area contributed by atoms with Crippen LogP contribution in [0.1, 0.15) is 24.2 Å². The lowest BCUT2D eigenvalue weighted by Gasteiger charge is -2.14. The molecular formula is C22H30N4O4. The number of carbonyl (C=O) groups excluding carboxylic acids is 1. The SMILES string of the molecule is CCNC(=NCCNC(=O)c1ccc(OC)cc1)Nc1ccc(OCC)c(OC)c1. The molecule has 0 radical (unpaired) electrons. The molecule has 0 saturated heterocycles. The monoisotopic (exact) mass is 414 g/mol. The summed E-state index contributed by atoms with van der Waals surface area (Å²) in [6, 6.07) is 12.6. The fraction of sp³-hybridized carbons (Fsp3) is 0.364. The third-order valence-corrected chi connectivity index (χ3v) is 4.09. The lowest BCUT2D eigenvalue weighted by Crippen LogP contribution is -2.32. The first kappa shape index (κ1) is 22.9. The number of rotatable bonds is 10. The van der Waals surface area contributed by atoms with E-state index in [4.69, 9.17) is 14.2 Å². The maximum absolute atomic E-state index is 12.2. The van der Waals surface area contributed by atoms with Gasteiger partial charge in [-0.05, 0) is 50.2 Å². The van der Waals surface area contributed by atoms with Crippen LogP contribution in [0.25, 0.3) is 0 Å². The van der Waals surface area contributed by atoms with Gasteiger partial charge in [-0.15, -0.1) is 0 Å². The lowest BCUT2D eigenvalue weighted by atomic mass is 10.2. The molecule has 30 heavy (non-hydrogen) atoms. The summed E-state index contributed by atoms with van der Waals surface area (Å²) in [5.74, 6) is 2.51. The van der Waals surface area contributed by atoms with Crippen LogP contribution in [0.3, 0.4) is 0 Å². The second-order valence-electron chi connectivity index (χ2n) is 6.17. The molecule has 3 N–H and O–H groups in total. The molecule has 0 aliphatic rings. The summed E-state index contributed by atoms with van der Waals surface area (Å²) in [4.78, 5) is 16.7. The van der Waals surface area contributed by atoms with E-state index in [2.05, 4.69) is 20.9 Å². The number of anilines is 1. The van der Waals surface area contributed by atoms with Gasteiger partial charge in [0.25, 0.3) is 5.91 Å². The van der Waals surface area contributed by atoms with Crippen molar-refractivity contribution in [2.45, 2.75) is 13.8 Å². The normalized spacial score (nSPS) is 10.9. The van der Waals surface area contributed by atoms with Gasteiger partial charge in [0.2, 0.25) is 0 Å². The van der Waals surface area contributed by atoms with Crippen molar-refractivity contribution in [1.82, 2.24) is 10.6 Å². The summed E-state index contributed by atoms with van der Waals surface area (Å²) in [6.07, 6.45) is 0. The van der Waals surface area contributed by atoms with E-state index in [0.717, 1.165) is 5.69 Å². The Morgan fingerprint density at radius 2 is 1.73 bits per heavy atom. The molecule has 0 fully saturated rings. The fourth-order valence-corrected chi connectivity index (χ4v) is 2.65. The molecule has 0 aliphatic carbocycles. The maximum Gasteiger partial charge on any atom is 0.251 e. The number of nitrogens with zero attached hydrogens (tertiary/aromatic N) is 1. The predicted molar refractivity (Wildman–Crippen MR) is 119 cm³/mol. The van der Waals surface area contributed by atoms with Crippen molar-refractivity contribution in [3.05, 3.63) is 48.0 Å². The number of aliphatic imine (C=N–C) groups is 1. The Bertz CT molecular complexity index is 838. The van der Waals surface area contributed by atoms with Crippen LogP contribution in [-0.2, 0) is 0 Å². The second-order valence-corrected chi connectivity index (χ2v) is 6.17. The molecule has 2 aromatic carbocycles. The lowest BCUT2D eigenvalue weighted by molar-refractivity contribution is 0.0955. The first-order valence-corrected chi connectivity index (χ1v) is 9.89. The van der Waals surface area contributed by atoms with E-state index in [1.165, 1.54) is 0 Å². The predicted octanol–water partition coefficient (Wildman–Crippen LogP) is 2.91. The van der Waals surface area contributed by atoms with Crippen LogP contribution in [0, 0.1) is 0 Å². The van der Waals surface area contributed by atoms with Crippen molar-refractivity contribution in [1.29, 1.82) is 0 Å². The summed E-state index contributed by atoms with van der Waals surface area (Å²) >= 11 is 0.